The van der Waals surface area contributed by atoms with Crippen molar-refractivity contribution in [1.29, 1.82) is 0 Å². The molecule has 4 nitrogen and oxygen atoms in total. The van der Waals surface area contributed by atoms with E-state index < -0.39 is 5.41 Å². The minimum absolute atomic E-state index is 0. The number of hydrogen-bond acceptors (Lipinski definition) is 3. The topological polar surface area (TPSA) is 64.3 Å². The third-order valence-electron chi connectivity index (χ3n) is 3.82. The number of nitrogens with two attached hydrogens (primary N) is 1. The van der Waals surface area contributed by atoms with E-state index in [0.717, 1.165) is 12.0 Å². The average Bonchev–Trinajstić information content (AvgIpc) is 2.48. The lowest BCUT2D eigenvalue weighted by Crippen LogP contribution is -2.48. The summed E-state index contributed by atoms with van der Waals surface area (Å²) >= 11 is 6.08. The molecule has 1 aliphatic heterocycles. The molecule has 2 rings (SSSR count). The Morgan fingerprint density at radius 2 is 2.10 bits per heavy atom. The Bertz CT molecular complexity index is 463. The fraction of sp³-hybridized carbons (Fsp3) is 0.533. The molecule has 0 aliphatic carbocycles. The smallest absolute Gasteiger partial charge is 0.230 e. The van der Waals surface area contributed by atoms with Crippen molar-refractivity contribution in [2.24, 2.45) is 5.73 Å². The molecule has 21 heavy (non-hydrogen) atoms. The first-order chi connectivity index (χ1) is 9.69. The van der Waals surface area contributed by atoms with Gasteiger partial charge in [-0.05, 0) is 43.5 Å². The molecule has 1 aromatic carbocycles. The number of rotatable bonds is 5. The summed E-state index contributed by atoms with van der Waals surface area (Å²) < 4.78 is 5.42. The van der Waals surface area contributed by atoms with E-state index in [4.69, 9.17) is 22.1 Å². The number of ether oxygens (including phenoxy) is 1. The van der Waals surface area contributed by atoms with E-state index in [1.165, 1.54) is 0 Å². The van der Waals surface area contributed by atoms with E-state index >= 15 is 0 Å². The molecule has 1 aliphatic rings. The number of amides is 1. The second kappa shape index (κ2) is 8.59. The summed E-state index contributed by atoms with van der Waals surface area (Å²) in [4.78, 5) is 12.7. The first-order valence-electron chi connectivity index (χ1n) is 7.01. The normalized spacial score (nSPS) is 16.9. The molecular formula is C15H22Cl2N2O2. The predicted octanol–water partition coefficient (Wildman–Crippen LogP) is 2.28. The van der Waals surface area contributed by atoms with E-state index in [2.05, 4.69) is 5.32 Å². The van der Waals surface area contributed by atoms with Crippen LogP contribution in [-0.2, 0) is 14.9 Å². The lowest BCUT2D eigenvalue weighted by molar-refractivity contribution is -0.130. The van der Waals surface area contributed by atoms with Crippen LogP contribution >= 0.6 is 24.0 Å². The van der Waals surface area contributed by atoms with E-state index in [1.807, 2.05) is 24.3 Å². The van der Waals surface area contributed by atoms with Crippen molar-refractivity contribution in [3.8, 4) is 0 Å². The van der Waals surface area contributed by atoms with Crippen LogP contribution < -0.4 is 11.1 Å². The van der Waals surface area contributed by atoms with Crippen molar-refractivity contribution in [2.45, 2.75) is 24.7 Å². The van der Waals surface area contributed by atoms with Gasteiger partial charge in [-0.2, -0.15) is 0 Å². The highest BCUT2D eigenvalue weighted by Gasteiger charge is 2.41. The Morgan fingerprint density at radius 1 is 1.38 bits per heavy atom. The van der Waals surface area contributed by atoms with Gasteiger partial charge in [0, 0.05) is 24.8 Å². The zero-order valence-corrected chi connectivity index (χ0v) is 13.5. The maximum absolute atomic E-state index is 12.7. The molecule has 1 fully saturated rings. The molecule has 0 bridgehead atoms. The minimum atomic E-state index is -0.530. The van der Waals surface area contributed by atoms with Crippen molar-refractivity contribution in [2.75, 3.05) is 26.3 Å². The van der Waals surface area contributed by atoms with Gasteiger partial charge in [0.1, 0.15) is 0 Å². The van der Waals surface area contributed by atoms with Crippen LogP contribution in [0.3, 0.4) is 0 Å². The summed E-state index contributed by atoms with van der Waals surface area (Å²) in [5.74, 6) is 0.0523. The van der Waals surface area contributed by atoms with Crippen LogP contribution in [0.1, 0.15) is 24.8 Å². The number of benzene rings is 1. The highest BCUT2D eigenvalue weighted by molar-refractivity contribution is 6.30. The molecule has 1 aromatic rings. The lowest BCUT2D eigenvalue weighted by atomic mass is 9.73. The van der Waals surface area contributed by atoms with E-state index in [-0.39, 0.29) is 18.3 Å². The Kier molecular flexibility index (Phi) is 7.46. The molecule has 1 amide bonds. The van der Waals surface area contributed by atoms with Crippen LogP contribution in [0, 0.1) is 0 Å². The van der Waals surface area contributed by atoms with Gasteiger partial charge in [-0.1, -0.05) is 23.7 Å². The number of carbonyl (C=O) groups excluding carboxylic acids is 1. The largest absolute Gasteiger partial charge is 0.381 e. The molecule has 0 aromatic heterocycles. The standard InChI is InChI=1S/C15H21ClN2O2.ClH/c16-13-4-1-3-12(11-13)15(5-9-20-10-6-15)14(19)18-8-2-7-17;/h1,3-4,11H,2,5-10,17H2,(H,18,19);1H. The summed E-state index contributed by atoms with van der Waals surface area (Å²) in [6.45, 7) is 2.37. The first kappa shape index (κ1) is 18.2. The maximum atomic E-state index is 12.7. The van der Waals surface area contributed by atoms with Crippen molar-refractivity contribution in [3.63, 3.8) is 0 Å². The molecule has 118 valence electrons. The van der Waals surface area contributed by atoms with E-state index in [9.17, 15) is 4.79 Å². The van der Waals surface area contributed by atoms with E-state index in [0.29, 0.717) is 44.2 Å². The monoisotopic (exact) mass is 332 g/mol. The second-order valence-electron chi connectivity index (χ2n) is 5.10. The van der Waals surface area contributed by atoms with E-state index in [1.54, 1.807) is 0 Å². The Hall–Kier alpha value is -0.810. The van der Waals surface area contributed by atoms with Gasteiger partial charge in [-0.3, -0.25) is 4.79 Å². The van der Waals surface area contributed by atoms with Crippen LogP contribution in [0.15, 0.2) is 24.3 Å². The Balaban J connectivity index is 0.00000220. The summed E-state index contributed by atoms with van der Waals surface area (Å²) in [6.07, 6.45) is 2.15. The van der Waals surface area contributed by atoms with Gasteiger partial charge in [-0.25, -0.2) is 0 Å². The van der Waals surface area contributed by atoms with Gasteiger partial charge < -0.3 is 15.8 Å². The van der Waals surface area contributed by atoms with Gasteiger partial charge >= 0.3 is 0 Å². The quantitative estimate of drug-likeness (QED) is 0.813. The van der Waals surface area contributed by atoms with Crippen LogP contribution in [0.4, 0.5) is 0 Å². The summed E-state index contributed by atoms with van der Waals surface area (Å²) in [5, 5.41) is 3.65. The third kappa shape index (κ3) is 4.33. The van der Waals surface area contributed by atoms with Crippen molar-refractivity contribution in [3.05, 3.63) is 34.9 Å². The highest BCUT2D eigenvalue weighted by atomic mass is 35.5. The summed E-state index contributed by atoms with van der Waals surface area (Å²) in [7, 11) is 0. The average molecular weight is 333 g/mol. The molecule has 0 saturated carbocycles. The molecule has 1 heterocycles. The number of nitrogens with one attached hydrogen (secondary N) is 1. The predicted molar refractivity (Wildman–Crippen MR) is 87.1 cm³/mol. The molecule has 3 N–H and O–H groups in total. The summed E-state index contributed by atoms with van der Waals surface area (Å²) in [5.41, 5.74) is 5.91. The SMILES string of the molecule is Cl.NCCCNC(=O)C1(c2cccc(Cl)c2)CCOCC1. The third-order valence-corrected chi connectivity index (χ3v) is 4.06. The lowest BCUT2D eigenvalue weighted by Gasteiger charge is -2.36. The molecule has 6 heteroatoms. The maximum Gasteiger partial charge on any atom is 0.230 e. The first-order valence-corrected chi connectivity index (χ1v) is 7.39. The molecule has 0 atom stereocenters. The fourth-order valence-corrected chi connectivity index (χ4v) is 2.82. The van der Waals surface area contributed by atoms with Crippen LogP contribution in [0.5, 0.6) is 0 Å². The number of hydrogen-bond donors (Lipinski definition) is 2. The fourth-order valence-electron chi connectivity index (χ4n) is 2.63. The van der Waals surface area contributed by atoms with Crippen LogP contribution in [-0.4, -0.2) is 32.2 Å². The second-order valence-corrected chi connectivity index (χ2v) is 5.54. The number of carbonyl (C=O) groups is 1. The molecular weight excluding hydrogens is 311 g/mol. The van der Waals surface area contributed by atoms with Crippen molar-refractivity contribution >= 4 is 29.9 Å². The van der Waals surface area contributed by atoms with Gasteiger partial charge in [0.25, 0.3) is 0 Å². The van der Waals surface area contributed by atoms with Crippen LogP contribution in [0.25, 0.3) is 0 Å². The Morgan fingerprint density at radius 3 is 2.71 bits per heavy atom. The van der Waals surface area contributed by atoms with Crippen molar-refractivity contribution in [1.82, 2.24) is 5.32 Å². The molecule has 1 saturated heterocycles. The molecule has 0 radical (unpaired) electrons. The highest BCUT2D eigenvalue weighted by Crippen LogP contribution is 2.36. The minimum Gasteiger partial charge on any atom is -0.381 e. The van der Waals surface area contributed by atoms with Crippen LogP contribution in [0.2, 0.25) is 5.02 Å². The van der Waals surface area contributed by atoms with Gasteiger partial charge in [-0.15, -0.1) is 12.4 Å². The zero-order valence-electron chi connectivity index (χ0n) is 11.9. The van der Waals surface area contributed by atoms with Gasteiger partial charge in [0.15, 0.2) is 0 Å². The zero-order chi connectivity index (χ0) is 14.4. The molecule has 0 spiro atoms. The number of halogens is 2. The molecule has 0 unspecified atom stereocenters. The Labute approximate surface area is 136 Å². The summed E-state index contributed by atoms with van der Waals surface area (Å²) in [6, 6.07) is 7.57. The van der Waals surface area contributed by atoms with Gasteiger partial charge in [0.2, 0.25) is 5.91 Å². The van der Waals surface area contributed by atoms with Gasteiger partial charge in [0.05, 0.1) is 5.41 Å². The van der Waals surface area contributed by atoms with Crippen molar-refractivity contribution < 1.29 is 9.53 Å².